The van der Waals surface area contributed by atoms with Crippen LogP contribution in [0.15, 0.2) is 0 Å². The van der Waals surface area contributed by atoms with Crippen LogP contribution in [0.3, 0.4) is 0 Å². The van der Waals surface area contributed by atoms with Crippen LogP contribution in [0.2, 0.25) is 0 Å². The summed E-state index contributed by atoms with van der Waals surface area (Å²) in [5.74, 6) is 0.549. The van der Waals surface area contributed by atoms with E-state index >= 15 is 0 Å². The molecule has 4 heteroatoms. The van der Waals surface area contributed by atoms with E-state index < -0.39 is 5.60 Å². The van der Waals surface area contributed by atoms with Gasteiger partial charge in [0.05, 0.1) is 6.10 Å². The highest BCUT2D eigenvalue weighted by atomic mass is 16.6. The fourth-order valence-electron chi connectivity index (χ4n) is 2.34. The second-order valence-corrected chi connectivity index (χ2v) is 5.63. The lowest BCUT2D eigenvalue weighted by molar-refractivity contribution is -0.106. The lowest BCUT2D eigenvalue weighted by Gasteiger charge is -2.50. The summed E-state index contributed by atoms with van der Waals surface area (Å²) in [6.45, 7) is 6.89. The molecule has 0 aromatic carbocycles. The predicted molar refractivity (Wildman–Crippen MR) is 55.4 cm³/mol. The Bertz CT molecular complexity index is 259. The van der Waals surface area contributed by atoms with Gasteiger partial charge in [-0.1, -0.05) is 0 Å². The fourth-order valence-corrected chi connectivity index (χ4v) is 2.34. The van der Waals surface area contributed by atoms with Crippen molar-refractivity contribution < 1.29 is 14.6 Å². The topological polar surface area (TPSA) is 49.8 Å². The molecular weight excluding hydrogens is 194 g/mol. The Labute approximate surface area is 90.2 Å². The monoisotopic (exact) mass is 213 g/mol. The van der Waals surface area contributed by atoms with Gasteiger partial charge in [-0.05, 0) is 27.2 Å². The van der Waals surface area contributed by atoms with Crippen molar-refractivity contribution >= 4 is 6.09 Å². The second kappa shape index (κ2) is 3.37. The Balaban J connectivity index is 1.88. The van der Waals surface area contributed by atoms with Crippen molar-refractivity contribution in [3.8, 4) is 0 Å². The number of fused-ring (bicyclic) bond motifs is 2. The third-order valence-electron chi connectivity index (χ3n) is 3.13. The normalized spacial score (nSPS) is 34.7. The molecular formula is C11H19NO3. The fraction of sp³-hybridized carbons (Fsp3) is 0.909. The number of nitrogens with zero attached hydrogens (tertiary/aromatic N) is 1. The molecule has 15 heavy (non-hydrogen) atoms. The van der Waals surface area contributed by atoms with E-state index in [0.29, 0.717) is 13.1 Å². The van der Waals surface area contributed by atoms with Crippen LogP contribution in [0.4, 0.5) is 4.79 Å². The minimum Gasteiger partial charge on any atom is -0.444 e. The average Bonchev–Trinajstić information content (AvgIpc) is 2.14. The first-order valence-electron chi connectivity index (χ1n) is 5.53. The Morgan fingerprint density at radius 1 is 1.33 bits per heavy atom. The molecule has 0 aromatic heterocycles. The summed E-state index contributed by atoms with van der Waals surface area (Å²) in [5, 5.41) is 9.58. The van der Waals surface area contributed by atoms with Gasteiger partial charge < -0.3 is 14.7 Å². The maximum absolute atomic E-state index is 11.7. The highest BCUT2D eigenvalue weighted by Gasteiger charge is 2.47. The third-order valence-corrected chi connectivity index (χ3v) is 3.13. The Hall–Kier alpha value is -0.770. The van der Waals surface area contributed by atoms with Gasteiger partial charge >= 0.3 is 6.09 Å². The molecule has 1 aliphatic carbocycles. The summed E-state index contributed by atoms with van der Waals surface area (Å²) in [6.07, 6.45) is 0.619. The van der Waals surface area contributed by atoms with E-state index in [4.69, 9.17) is 4.74 Å². The van der Waals surface area contributed by atoms with Crippen LogP contribution >= 0.6 is 0 Å². The molecule has 0 radical (unpaired) electrons. The number of aliphatic hydroxyl groups excluding tert-OH is 1. The number of ether oxygens (including phenoxy) is 1. The molecule has 3 rings (SSSR count). The molecule has 86 valence electrons. The summed E-state index contributed by atoms with van der Waals surface area (Å²) < 4.78 is 5.29. The Kier molecular flexibility index (Phi) is 2.41. The molecule has 2 heterocycles. The zero-order chi connectivity index (χ0) is 11.2. The van der Waals surface area contributed by atoms with Gasteiger partial charge in [-0.3, -0.25) is 0 Å². The van der Waals surface area contributed by atoms with Gasteiger partial charge in [-0.25, -0.2) is 4.79 Å². The summed E-state index contributed by atoms with van der Waals surface area (Å²) in [6, 6.07) is 0. The van der Waals surface area contributed by atoms with Crippen LogP contribution in [0.5, 0.6) is 0 Å². The number of aliphatic hydroxyl groups is 1. The van der Waals surface area contributed by atoms with Gasteiger partial charge in [-0.15, -0.1) is 0 Å². The number of amides is 1. The van der Waals surface area contributed by atoms with Crippen LogP contribution in [0.1, 0.15) is 27.2 Å². The number of rotatable bonds is 0. The van der Waals surface area contributed by atoms with Crippen LogP contribution in [-0.2, 0) is 4.74 Å². The van der Waals surface area contributed by atoms with Crippen molar-refractivity contribution in [3.05, 3.63) is 0 Å². The van der Waals surface area contributed by atoms with E-state index in [1.807, 2.05) is 20.8 Å². The van der Waals surface area contributed by atoms with E-state index in [0.717, 1.165) is 6.42 Å². The lowest BCUT2D eigenvalue weighted by Crippen LogP contribution is -2.60. The van der Waals surface area contributed by atoms with Gasteiger partial charge in [-0.2, -0.15) is 0 Å². The second-order valence-electron chi connectivity index (χ2n) is 5.63. The Morgan fingerprint density at radius 2 is 1.87 bits per heavy atom. The van der Waals surface area contributed by atoms with E-state index in [2.05, 4.69) is 0 Å². The molecule has 0 unspecified atom stereocenters. The van der Waals surface area contributed by atoms with Crippen LogP contribution < -0.4 is 0 Å². The van der Waals surface area contributed by atoms with Crippen molar-refractivity contribution in [2.45, 2.75) is 38.9 Å². The van der Waals surface area contributed by atoms with Gasteiger partial charge in [0.25, 0.3) is 0 Å². The standard InChI is InChI=1S/C11H19NO3/c1-11(2,3)15-10(14)12-5-7-4-8(6-12)9(7)13/h7-9,13H,4-6H2,1-3H3/t7-,8-/m0/s1. The van der Waals surface area contributed by atoms with Crippen molar-refractivity contribution in [1.82, 2.24) is 4.90 Å². The molecule has 2 saturated heterocycles. The van der Waals surface area contributed by atoms with Crippen molar-refractivity contribution in [2.24, 2.45) is 11.8 Å². The summed E-state index contributed by atoms with van der Waals surface area (Å²) in [4.78, 5) is 13.4. The van der Waals surface area contributed by atoms with Gasteiger partial charge in [0.2, 0.25) is 0 Å². The van der Waals surface area contributed by atoms with Crippen LogP contribution in [0, 0.1) is 11.8 Å². The van der Waals surface area contributed by atoms with E-state index in [1.54, 1.807) is 4.90 Å². The van der Waals surface area contributed by atoms with E-state index in [1.165, 1.54) is 0 Å². The molecule has 2 atom stereocenters. The highest BCUT2D eigenvalue weighted by molar-refractivity contribution is 5.68. The molecule has 3 fully saturated rings. The third kappa shape index (κ3) is 2.09. The molecule has 3 aliphatic rings. The van der Waals surface area contributed by atoms with Crippen LogP contribution in [0.25, 0.3) is 0 Å². The van der Waals surface area contributed by atoms with E-state index in [-0.39, 0.29) is 24.0 Å². The first-order valence-corrected chi connectivity index (χ1v) is 5.53. The molecule has 1 N–H and O–H groups in total. The molecule has 0 aromatic rings. The number of carbonyl (C=O) groups is 1. The number of hydrogen-bond acceptors (Lipinski definition) is 3. The first-order chi connectivity index (χ1) is 6.87. The molecule has 2 bridgehead atoms. The summed E-state index contributed by atoms with van der Waals surface area (Å²) in [7, 11) is 0. The summed E-state index contributed by atoms with van der Waals surface area (Å²) >= 11 is 0. The van der Waals surface area contributed by atoms with Gasteiger partial charge in [0.1, 0.15) is 5.60 Å². The molecule has 4 nitrogen and oxygen atoms in total. The van der Waals surface area contributed by atoms with E-state index in [9.17, 15) is 9.90 Å². The minimum atomic E-state index is -0.433. The largest absolute Gasteiger partial charge is 0.444 e. The average molecular weight is 213 g/mol. The zero-order valence-corrected chi connectivity index (χ0v) is 9.56. The highest BCUT2D eigenvalue weighted by Crippen LogP contribution is 2.40. The SMILES string of the molecule is CC(C)(C)OC(=O)N1C[C@@H]2C[C@@H](C1)C2O. The maximum Gasteiger partial charge on any atom is 0.410 e. The number of hydrogen-bond donors (Lipinski definition) is 1. The first kappa shape index (κ1) is 10.7. The van der Waals surface area contributed by atoms with Crippen LogP contribution in [-0.4, -0.2) is 40.9 Å². The smallest absolute Gasteiger partial charge is 0.410 e. The zero-order valence-electron chi connectivity index (χ0n) is 9.56. The molecule has 1 amide bonds. The van der Waals surface area contributed by atoms with Crippen molar-refractivity contribution in [3.63, 3.8) is 0 Å². The van der Waals surface area contributed by atoms with Gasteiger partial charge in [0.15, 0.2) is 0 Å². The molecule has 1 saturated carbocycles. The number of piperidine rings is 2. The molecule has 2 aliphatic heterocycles. The summed E-state index contributed by atoms with van der Waals surface area (Å²) in [5.41, 5.74) is -0.433. The van der Waals surface area contributed by atoms with Gasteiger partial charge in [0, 0.05) is 24.9 Å². The number of carbonyl (C=O) groups excluding carboxylic acids is 1. The lowest BCUT2D eigenvalue weighted by atomic mass is 9.68. The maximum atomic E-state index is 11.7. The minimum absolute atomic E-state index is 0.191. The quantitative estimate of drug-likeness (QED) is 0.658. The van der Waals surface area contributed by atoms with Crippen molar-refractivity contribution in [1.29, 1.82) is 0 Å². The molecule has 0 spiro atoms. The predicted octanol–water partition coefficient (Wildman–Crippen LogP) is 1.23. The van der Waals surface area contributed by atoms with Crippen molar-refractivity contribution in [2.75, 3.05) is 13.1 Å². The Morgan fingerprint density at radius 3 is 2.27 bits per heavy atom.